The van der Waals surface area contributed by atoms with Crippen molar-refractivity contribution in [1.29, 1.82) is 0 Å². The molecule has 0 fully saturated rings. The topological polar surface area (TPSA) is 118 Å². The SMILES string of the molecule is C[C@@H](C(=O)O)N(Cc1ccccc1[N+](=O)[O-])S(=O)(=O)C(F)(F)F. The molecule has 0 saturated heterocycles. The normalized spacial score (nSPS) is 13.8. The molecular formula is C11H11F3N2O6S. The summed E-state index contributed by atoms with van der Waals surface area (Å²) in [6.07, 6.45) is 0. The Morgan fingerprint density at radius 1 is 1.39 bits per heavy atom. The number of sulfonamides is 1. The van der Waals surface area contributed by atoms with Crippen LogP contribution in [0, 0.1) is 10.1 Å². The molecule has 1 atom stereocenters. The fourth-order valence-corrected chi connectivity index (χ4v) is 2.76. The van der Waals surface area contributed by atoms with Gasteiger partial charge in [-0.05, 0) is 6.92 Å². The van der Waals surface area contributed by atoms with Crippen molar-refractivity contribution in [2.45, 2.75) is 25.0 Å². The van der Waals surface area contributed by atoms with Crippen LogP contribution in [0.2, 0.25) is 0 Å². The molecular weight excluding hydrogens is 345 g/mol. The average Bonchev–Trinajstić information content (AvgIpc) is 2.42. The summed E-state index contributed by atoms with van der Waals surface area (Å²) in [5.74, 6) is -1.82. The van der Waals surface area contributed by atoms with E-state index in [4.69, 9.17) is 5.11 Å². The highest BCUT2D eigenvalue weighted by molar-refractivity contribution is 7.90. The van der Waals surface area contributed by atoms with E-state index < -0.39 is 44.7 Å². The number of aliphatic carboxylic acids is 1. The van der Waals surface area contributed by atoms with E-state index in [9.17, 15) is 36.5 Å². The van der Waals surface area contributed by atoms with Gasteiger partial charge in [0, 0.05) is 18.2 Å². The van der Waals surface area contributed by atoms with Gasteiger partial charge in [0.15, 0.2) is 0 Å². The van der Waals surface area contributed by atoms with Crippen LogP contribution < -0.4 is 0 Å². The standard InChI is InChI=1S/C11H11F3N2O6S/c1-7(10(17)18)15(23(21,22)11(12,13)14)6-8-4-2-3-5-9(8)16(19)20/h2-5,7H,6H2,1H3,(H,17,18)/t7-/m0/s1. The molecule has 0 aliphatic heterocycles. The van der Waals surface area contributed by atoms with Crippen LogP contribution in [-0.4, -0.2) is 40.3 Å². The quantitative estimate of drug-likeness (QED) is 0.612. The molecule has 1 aromatic carbocycles. The van der Waals surface area contributed by atoms with Crippen LogP contribution in [0.4, 0.5) is 18.9 Å². The number of hydrogen-bond donors (Lipinski definition) is 1. The smallest absolute Gasteiger partial charge is 0.480 e. The Labute approximate surface area is 128 Å². The van der Waals surface area contributed by atoms with Gasteiger partial charge in [0.05, 0.1) is 4.92 Å². The molecule has 0 radical (unpaired) electrons. The van der Waals surface area contributed by atoms with Gasteiger partial charge in [-0.3, -0.25) is 14.9 Å². The van der Waals surface area contributed by atoms with Crippen molar-refractivity contribution in [2.75, 3.05) is 0 Å². The number of nitro groups is 1. The van der Waals surface area contributed by atoms with Gasteiger partial charge in [0.25, 0.3) is 5.69 Å². The minimum atomic E-state index is -5.99. The number of alkyl halides is 3. The van der Waals surface area contributed by atoms with Gasteiger partial charge in [0.2, 0.25) is 0 Å². The molecule has 0 aromatic heterocycles. The molecule has 0 heterocycles. The van der Waals surface area contributed by atoms with Gasteiger partial charge in [0.1, 0.15) is 6.04 Å². The lowest BCUT2D eigenvalue weighted by atomic mass is 10.1. The Hall–Kier alpha value is -2.21. The molecule has 0 saturated carbocycles. The predicted molar refractivity (Wildman–Crippen MR) is 70.7 cm³/mol. The molecule has 0 unspecified atom stereocenters. The zero-order valence-corrected chi connectivity index (χ0v) is 12.3. The number of carboxylic acids is 1. The van der Waals surface area contributed by atoms with Crippen molar-refractivity contribution in [3.63, 3.8) is 0 Å². The third-order valence-corrected chi connectivity index (χ3v) is 4.55. The number of para-hydroxylation sites is 1. The minimum absolute atomic E-state index is 0.336. The fourth-order valence-electron chi connectivity index (χ4n) is 1.68. The highest BCUT2D eigenvalue weighted by atomic mass is 32.2. The molecule has 8 nitrogen and oxygen atoms in total. The second-order valence-electron chi connectivity index (χ2n) is 4.40. The molecule has 1 N–H and O–H groups in total. The van der Waals surface area contributed by atoms with Crippen molar-refractivity contribution < 1.29 is 36.4 Å². The van der Waals surface area contributed by atoms with E-state index in [-0.39, 0.29) is 9.87 Å². The van der Waals surface area contributed by atoms with Crippen molar-refractivity contribution in [2.24, 2.45) is 0 Å². The molecule has 1 rings (SSSR count). The van der Waals surface area contributed by atoms with Gasteiger partial charge in [-0.25, -0.2) is 8.42 Å². The number of nitro benzene ring substituents is 1. The van der Waals surface area contributed by atoms with Gasteiger partial charge >= 0.3 is 21.5 Å². The lowest BCUT2D eigenvalue weighted by Gasteiger charge is -2.26. The molecule has 0 aliphatic carbocycles. The van der Waals surface area contributed by atoms with Gasteiger partial charge in [-0.2, -0.15) is 17.5 Å². The number of hydrogen-bond acceptors (Lipinski definition) is 5. The average molecular weight is 356 g/mol. The van der Waals surface area contributed by atoms with Crippen molar-refractivity contribution in [3.8, 4) is 0 Å². The molecule has 1 aromatic rings. The fraction of sp³-hybridized carbons (Fsp3) is 0.364. The van der Waals surface area contributed by atoms with E-state index in [1.54, 1.807) is 0 Å². The van der Waals surface area contributed by atoms with Crippen molar-refractivity contribution in [3.05, 3.63) is 39.9 Å². The van der Waals surface area contributed by atoms with E-state index >= 15 is 0 Å². The van der Waals surface area contributed by atoms with Crippen LogP contribution in [0.3, 0.4) is 0 Å². The molecule has 0 spiro atoms. The molecule has 23 heavy (non-hydrogen) atoms. The first-order chi connectivity index (χ1) is 10.4. The number of carbonyl (C=O) groups is 1. The third-order valence-electron chi connectivity index (χ3n) is 2.91. The lowest BCUT2D eigenvalue weighted by molar-refractivity contribution is -0.385. The van der Waals surface area contributed by atoms with Crippen molar-refractivity contribution >= 4 is 21.7 Å². The lowest BCUT2D eigenvalue weighted by Crippen LogP contribution is -2.48. The van der Waals surface area contributed by atoms with E-state index in [1.807, 2.05) is 0 Å². The second kappa shape index (κ2) is 6.50. The maximum absolute atomic E-state index is 12.7. The van der Waals surface area contributed by atoms with Crippen LogP contribution in [0.25, 0.3) is 0 Å². The molecule has 128 valence electrons. The largest absolute Gasteiger partial charge is 0.511 e. The maximum Gasteiger partial charge on any atom is 0.511 e. The van der Waals surface area contributed by atoms with Gasteiger partial charge in [-0.15, -0.1) is 0 Å². The summed E-state index contributed by atoms with van der Waals surface area (Å²) in [5, 5.41) is 19.7. The summed E-state index contributed by atoms with van der Waals surface area (Å²) in [7, 11) is -5.99. The minimum Gasteiger partial charge on any atom is -0.480 e. The predicted octanol–water partition coefficient (Wildman–Crippen LogP) is 1.72. The summed E-state index contributed by atoms with van der Waals surface area (Å²) in [4.78, 5) is 20.9. The zero-order valence-electron chi connectivity index (χ0n) is 11.5. The Morgan fingerprint density at radius 3 is 2.35 bits per heavy atom. The van der Waals surface area contributed by atoms with Crippen LogP contribution in [-0.2, 0) is 21.4 Å². The number of benzene rings is 1. The molecule has 0 amide bonds. The summed E-state index contributed by atoms with van der Waals surface area (Å²) in [6.45, 7) is -0.368. The number of carboxylic acid groups (broad SMARTS) is 1. The van der Waals surface area contributed by atoms with Crippen LogP contribution in [0.1, 0.15) is 12.5 Å². The van der Waals surface area contributed by atoms with E-state index in [0.717, 1.165) is 19.1 Å². The maximum atomic E-state index is 12.7. The zero-order chi connectivity index (χ0) is 18.0. The van der Waals surface area contributed by atoms with E-state index in [2.05, 4.69) is 0 Å². The number of rotatable bonds is 6. The highest BCUT2D eigenvalue weighted by Gasteiger charge is 2.52. The molecule has 0 bridgehead atoms. The summed E-state index contributed by atoms with van der Waals surface area (Å²) in [5.41, 5.74) is -6.72. The summed E-state index contributed by atoms with van der Waals surface area (Å²) < 4.78 is 60.9. The van der Waals surface area contributed by atoms with Gasteiger partial charge < -0.3 is 5.11 Å². The van der Waals surface area contributed by atoms with Crippen molar-refractivity contribution in [1.82, 2.24) is 4.31 Å². The molecule has 12 heteroatoms. The first kappa shape index (κ1) is 18.8. The van der Waals surface area contributed by atoms with Gasteiger partial charge in [-0.1, -0.05) is 18.2 Å². The highest BCUT2D eigenvalue weighted by Crippen LogP contribution is 2.31. The first-order valence-electron chi connectivity index (χ1n) is 5.92. The first-order valence-corrected chi connectivity index (χ1v) is 7.36. The Balaban J connectivity index is 3.40. The summed E-state index contributed by atoms with van der Waals surface area (Å²) >= 11 is 0. The second-order valence-corrected chi connectivity index (χ2v) is 6.28. The van der Waals surface area contributed by atoms with Crippen LogP contribution in [0.5, 0.6) is 0 Å². The Bertz CT molecular complexity index is 719. The summed E-state index contributed by atoms with van der Waals surface area (Å²) in [6, 6.07) is 2.45. The van der Waals surface area contributed by atoms with Crippen LogP contribution in [0.15, 0.2) is 24.3 Å². The third kappa shape index (κ3) is 3.96. The number of halogens is 3. The van der Waals surface area contributed by atoms with Crippen LogP contribution >= 0.6 is 0 Å². The van der Waals surface area contributed by atoms with E-state index in [1.165, 1.54) is 12.1 Å². The Morgan fingerprint density at radius 2 is 1.91 bits per heavy atom. The van der Waals surface area contributed by atoms with E-state index in [0.29, 0.717) is 0 Å². The Kier molecular flexibility index (Phi) is 5.32. The monoisotopic (exact) mass is 356 g/mol. The molecule has 0 aliphatic rings. The number of nitrogens with zero attached hydrogens (tertiary/aromatic N) is 2.